The van der Waals surface area contributed by atoms with Gasteiger partial charge in [0.2, 0.25) is 0 Å². The van der Waals surface area contributed by atoms with Gasteiger partial charge in [0.25, 0.3) is 0 Å². The molecule has 2 aromatic rings. The smallest absolute Gasteiger partial charge is 0.412 e. The molecule has 0 aliphatic rings. The van der Waals surface area contributed by atoms with Crippen LogP contribution < -0.4 is 16.0 Å². The van der Waals surface area contributed by atoms with Crippen LogP contribution in [0.5, 0.6) is 0 Å². The van der Waals surface area contributed by atoms with Crippen LogP contribution in [0.1, 0.15) is 31.9 Å². The van der Waals surface area contributed by atoms with Gasteiger partial charge in [-0.15, -0.1) is 0 Å². The molecular formula is C21H32N6O2. The Morgan fingerprint density at radius 1 is 1.10 bits per heavy atom. The topological polar surface area (TPSA) is 92.6 Å². The van der Waals surface area contributed by atoms with E-state index < -0.39 is 11.7 Å². The molecular weight excluding hydrogens is 368 g/mol. The lowest BCUT2D eigenvalue weighted by atomic mass is 10.1. The minimum absolute atomic E-state index is 0.451. The lowest BCUT2D eigenvalue weighted by Crippen LogP contribution is -2.39. The molecule has 0 spiro atoms. The van der Waals surface area contributed by atoms with Crippen molar-refractivity contribution in [3.8, 4) is 0 Å². The highest BCUT2D eigenvalue weighted by Crippen LogP contribution is 2.13. The largest absolute Gasteiger partial charge is 0.444 e. The molecule has 0 aliphatic heterocycles. The van der Waals surface area contributed by atoms with Crippen molar-refractivity contribution in [2.75, 3.05) is 25.5 Å². The fourth-order valence-electron chi connectivity index (χ4n) is 2.65. The molecule has 0 atom stereocenters. The van der Waals surface area contributed by atoms with Crippen LogP contribution in [-0.4, -0.2) is 47.6 Å². The summed E-state index contributed by atoms with van der Waals surface area (Å²) in [4.78, 5) is 16.0. The van der Waals surface area contributed by atoms with E-state index in [2.05, 4.69) is 26.0 Å². The van der Waals surface area contributed by atoms with Crippen molar-refractivity contribution in [2.24, 2.45) is 12.0 Å². The van der Waals surface area contributed by atoms with Gasteiger partial charge in [-0.1, -0.05) is 12.1 Å². The zero-order valence-corrected chi connectivity index (χ0v) is 18.0. The molecule has 1 heterocycles. The van der Waals surface area contributed by atoms with Crippen LogP contribution in [0.2, 0.25) is 0 Å². The highest BCUT2D eigenvalue weighted by atomic mass is 16.6. The van der Waals surface area contributed by atoms with Crippen LogP contribution in [0.15, 0.2) is 41.7 Å². The number of aryl methyl sites for hydroxylation is 1. The Hall–Kier alpha value is -3.03. The molecule has 1 aromatic carbocycles. The number of guanidine groups is 1. The molecule has 0 radical (unpaired) electrons. The van der Waals surface area contributed by atoms with Gasteiger partial charge in [0.15, 0.2) is 5.96 Å². The number of carbonyl (C=O) groups is 1. The number of ether oxygens (including phenoxy) is 1. The van der Waals surface area contributed by atoms with Crippen molar-refractivity contribution in [1.29, 1.82) is 0 Å². The first-order valence-corrected chi connectivity index (χ1v) is 9.76. The van der Waals surface area contributed by atoms with Gasteiger partial charge in [0, 0.05) is 39.1 Å². The Kier molecular flexibility index (Phi) is 8.06. The third-order valence-corrected chi connectivity index (χ3v) is 3.99. The van der Waals surface area contributed by atoms with E-state index in [1.54, 1.807) is 11.7 Å². The molecule has 1 aromatic heterocycles. The molecule has 0 saturated carbocycles. The Morgan fingerprint density at radius 3 is 2.24 bits per heavy atom. The van der Waals surface area contributed by atoms with E-state index in [1.165, 1.54) is 5.56 Å². The van der Waals surface area contributed by atoms with Gasteiger partial charge in [-0.3, -0.25) is 15.0 Å². The van der Waals surface area contributed by atoms with E-state index in [1.807, 2.05) is 64.5 Å². The molecule has 158 valence electrons. The van der Waals surface area contributed by atoms with Crippen LogP contribution in [0.25, 0.3) is 0 Å². The van der Waals surface area contributed by atoms with Crippen molar-refractivity contribution in [2.45, 2.75) is 39.2 Å². The van der Waals surface area contributed by atoms with Gasteiger partial charge in [0.1, 0.15) is 5.60 Å². The van der Waals surface area contributed by atoms with E-state index in [0.29, 0.717) is 5.69 Å². The number of benzene rings is 1. The molecule has 3 N–H and O–H groups in total. The first-order chi connectivity index (χ1) is 13.7. The summed E-state index contributed by atoms with van der Waals surface area (Å²) in [6, 6.07) is 7.74. The number of carbonyl (C=O) groups excluding carboxylic acids is 1. The lowest BCUT2D eigenvalue weighted by Gasteiger charge is -2.19. The maximum absolute atomic E-state index is 11.8. The first kappa shape index (κ1) is 22.3. The number of aliphatic imine (C=N–C) groups is 1. The summed E-state index contributed by atoms with van der Waals surface area (Å²) in [5.41, 5.74) is 2.55. The third kappa shape index (κ3) is 8.68. The minimum Gasteiger partial charge on any atom is -0.444 e. The SMILES string of the molecule is CN=C(NCCc1ccc(NC(=O)OC(C)(C)C)cc1)NCCc1cnn(C)c1. The van der Waals surface area contributed by atoms with E-state index in [4.69, 9.17) is 4.74 Å². The number of aromatic nitrogens is 2. The van der Waals surface area contributed by atoms with Crippen molar-refractivity contribution in [1.82, 2.24) is 20.4 Å². The number of nitrogens with one attached hydrogen (secondary N) is 3. The van der Waals surface area contributed by atoms with E-state index in [0.717, 1.165) is 37.5 Å². The van der Waals surface area contributed by atoms with Gasteiger partial charge in [0.05, 0.1) is 6.20 Å². The second-order valence-electron chi connectivity index (χ2n) is 7.77. The highest BCUT2D eigenvalue weighted by molar-refractivity contribution is 5.84. The summed E-state index contributed by atoms with van der Waals surface area (Å²) in [6.07, 6.45) is 5.17. The molecule has 8 nitrogen and oxygen atoms in total. The number of nitrogens with zero attached hydrogens (tertiary/aromatic N) is 3. The first-order valence-electron chi connectivity index (χ1n) is 9.76. The summed E-state index contributed by atoms with van der Waals surface area (Å²) in [7, 11) is 3.67. The van der Waals surface area contributed by atoms with Gasteiger partial charge in [-0.05, 0) is 56.9 Å². The quantitative estimate of drug-likeness (QED) is 0.491. The zero-order chi connectivity index (χ0) is 21.3. The summed E-state index contributed by atoms with van der Waals surface area (Å²) < 4.78 is 7.05. The monoisotopic (exact) mass is 400 g/mol. The maximum atomic E-state index is 11.8. The molecule has 0 unspecified atom stereocenters. The van der Waals surface area contributed by atoms with Gasteiger partial charge < -0.3 is 15.4 Å². The fourth-order valence-corrected chi connectivity index (χ4v) is 2.65. The summed E-state index contributed by atoms with van der Waals surface area (Å²) in [6.45, 7) is 7.06. The third-order valence-electron chi connectivity index (χ3n) is 3.99. The molecule has 8 heteroatoms. The van der Waals surface area contributed by atoms with E-state index in [-0.39, 0.29) is 0 Å². The molecule has 0 bridgehead atoms. The second kappa shape index (κ2) is 10.5. The van der Waals surface area contributed by atoms with Crippen molar-refractivity contribution < 1.29 is 9.53 Å². The Bertz CT molecular complexity index is 805. The number of amides is 1. The standard InChI is InChI=1S/C21H32N6O2/c1-21(2,3)29-20(28)26-18-8-6-16(7-9-18)10-12-23-19(22-4)24-13-11-17-14-25-27(5)15-17/h6-9,14-15H,10-13H2,1-5H3,(H,26,28)(H2,22,23,24). The molecule has 0 fully saturated rings. The Morgan fingerprint density at radius 2 is 1.72 bits per heavy atom. The fraction of sp³-hybridized carbons (Fsp3) is 0.476. The zero-order valence-electron chi connectivity index (χ0n) is 18.0. The highest BCUT2D eigenvalue weighted by Gasteiger charge is 2.16. The minimum atomic E-state index is -0.514. The van der Waals surface area contributed by atoms with Gasteiger partial charge in [-0.25, -0.2) is 4.79 Å². The van der Waals surface area contributed by atoms with E-state index >= 15 is 0 Å². The van der Waals surface area contributed by atoms with Crippen molar-refractivity contribution in [3.63, 3.8) is 0 Å². The predicted molar refractivity (Wildman–Crippen MR) is 116 cm³/mol. The van der Waals surface area contributed by atoms with Crippen molar-refractivity contribution in [3.05, 3.63) is 47.8 Å². The van der Waals surface area contributed by atoms with Crippen LogP contribution in [-0.2, 0) is 24.6 Å². The van der Waals surface area contributed by atoms with E-state index in [9.17, 15) is 4.79 Å². The summed E-state index contributed by atoms with van der Waals surface area (Å²) in [5, 5.41) is 13.5. The second-order valence-corrected chi connectivity index (χ2v) is 7.77. The Balaban J connectivity index is 1.69. The van der Waals surface area contributed by atoms with Crippen LogP contribution in [0.3, 0.4) is 0 Å². The summed E-state index contributed by atoms with van der Waals surface area (Å²) >= 11 is 0. The van der Waals surface area contributed by atoms with Gasteiger partial charge in [-0.2, -0.15) is 5.10 Å². The van der Waals surface area contributed by atoms with Crippen LogP contribution in [0, 0.1) is 0 Å². The van der Waals surface area contributed by atoms with Crippen molar-refractivity contribution >= 4 is 17.7 Å². The molecule has 29 heavy (non-hydrogen) atoms. The van der Waals surface area contributed by atoms with Gasteiger partial charge >= 0.3 is 6.09 Å². The average molecular weight is 401 g/mol. The number of rotatable bonds is 7. The molecule has 2 rings (SSSR count). The van der Waals surface area contributed by atoms with Crippen LogP contribution >= 0.6 is 0 Å². The lowest BCUT2D eigenvalue weighted by molar-refractivity contribution is 0.0636. The van der Waals surface area contributed by atoms with Crippen LogP contribution in [0.4, 0.5) is 10.5 Å². The normalized spacial score (nSPS) is 11.8. The number of anilines is 1. The predicted octanol–water partition coefficient (Wildman–Crippen LogP) is 2.72. The molecule has 0 saturated heterocycles. The summed E-state index contributed by atoms with van der Waals surface area (Å²) in [5.74, 6) is 0.775. The number of hydrogen-bond acceptors (Lipinski definition) is 4. The maximum Gasteiger partial charge on any atom is 0.412 e. The number of hydrogen-bond donors (Lipinski definition) is 3. The molecule has 0 aliphatic carbocycles. The Labute approximate surface area is 172 Å². The average Bonchev–Trinajstić information content (AvgIpc) is 3.05. The molecule has 1 amide bonds.